The van der Waals surface area contributed by atoms with E-state index in [1.165, 1.54) is 0 Å². The summed E-state index contributed by atoms with van der Waals surface area (Å²) in [5.41, 5.74) is 3.26. The van der Waals surface area contributed by atoms with Crippen LogP contribution >= 0.6 is 0 Å². The first kappa shape index (κ1) is 15.7. The monoisotopic (exact) mass is 313 g/mol. The van der Waals surface area contributed by atoms with Crippen molar-refractivity contribution in [1.29, 1.82) is 0 Å². The SMILES string of the molecule is Cc1nn(-c2ccccc2)c(C)c1C(=O)N1CCCC(CO)C1. The van der Waals surface area contributed by atoms with E-state index in [0.717, 1.165) is 36.5 Å². The Balaban J connectivity index is 1.91. The third kappa shape index (κ3) is 3.01. The molecule has 0 spiro atoms. The van der Waals surface area contributed by atoms with Gasteiger partial charge >= 0.3 is 0 Å². The van der Waals surface area contributed by atoms with E-state index >= 15 is 0 Å². The minimum absolute atomic E-state index is 0.0281. The highest BCUT2D eigenvalue weighted by Crippen LogP contribution is 2.23. The molecule has 0 saturated carbocycles. The minimum Gasteiger partial charge on any atom is -0.396 e. The van der Waals surface area contributed by atoms with E-state index in [1.807, 2.05) is 53.8 Å². The molecule has 3 rings (SSSR count). The minimum atomic E-state index is 0.0281. The molecule has 1 aromatic heterocycles. The molecular formula is C18H23N3O2. The van der Waals surface area contributed by atoms with E-state index in [9.17, 15) is 9.90 Å². The molecule has 122 valence electrons. The summed E-state index contributed by atoms with van der Waals surface area (Å²) in [6.07, 6.45) is 1.93. The largest absolute Gasteiger partial charge is 0.396 e. The van der Waals surface area contributed by atoms with Gasteiger partial charge in [-0.15, -0.1) is 0 Å². The fourth-order valence-electron chi connectivity index (χ4n) is 3.33. The number of rotatable bonds is 3. The lowest BCUT2D eigenvalue weighted by Gasteiger charge is -2.32. The normalized spacial score (nSPS) is 18.2. The van der Waals surface area contributed by atoms with Crippen LogP contribution < -0.4 is 0 Å². The number of aryl methyl sites for hydroxylation is 1. The van der Waals surface area contributed by atoms with Crippen LogP contribution in [0.4, 0.5) is 0 Å². The molecule has 0 bridgehead atoms. The van der Waals surface area contributed by atoms with Gasteiger partial charge in [0.15, 0.2) is 0 Å². The van der Waals surface area contributed by atoms with Crippen LogP contribution in [0.25, 0.3) is 5.69 Å². The molecule has 1 N–H and O–H groups in total. The van der Waals surface area contributed by atoms with Crippen LogP contribution in [0, 0.1) is 19.8 Å². The van der Waals surface area contributed by atoms with Gasteiger partial charge in [0.2, 0.25) is 0 Å². The number of para-hydroxylation sites is 1. The zero-order valence-corrected chi connectivity index (χ0v) is 13.7. The Hall–Kier alpha value is -2.14. The van der Waals surface area contributed by atoms with Gasteiger partial charge in [0.1, 0.15) is 0 Å². The van der Waals surface area contributed by atoms with Crippen molar-refractivity contribution in [3.05, 3.63) is 47.3 Å². The van der Waals surface area contributed by atoms with E-state index in [-0.39, 0.29) is 18.4 Å². The average molecular weight is 313 g/mol. The number of hydrogen-bond acceptors (Lipinski definition) is 3. The first-order valence-electron chi connectivity index (χ1n) is 8.13. The highest BCUT2D eigenvalue weighted by molar-refractivity contribution is 5.96. The Morgan fingerprint density at radius 2 is 2.04 bits per heavy atom. The summed E-state index contributed by atoms with van der Waals surface area (Å²) in [5, 5.41) is 13.9. The van der Waals surface area contributed by atoms with Gasteiger partial charge in [0.25, 0.3) is 5.91 Å². The summed E-state index contributed by atoms with van der Waals surface area (Å²) in [6.45, 7) is 5.35. The maximum Gasteiger partial charge on any atom is 0.257 e. The lowest BCUT2D eigenvalue weighted by molar-refractivity contribution is 0.0619. The number of carbonyl (C=O) groups excluding carboxylic acids is 1. The summed E-state index contributed by atoms with van der Waals surface area (Å²) in [4.78, 5) is 14.8. The number of aliphatic hydroxyl groups is 1. The summed E-state index contributed by atoms with van der Waals surface area (Å²) >= 11 is 0. The van der Waals surface area contributed by atoms with Crippen molar-refractivity contribution in [3.63, 3.8) is 0 Å². The van der Waals surface area contributed by atoms with E-state index < -0.39 is 0 Å². The Morgan fingerprint density at radius 1 is 1.30 bits per heavy atom. The fourth-order valence-corrected chi connectivity index (χ4v) is 3.33. The quantitative estimate of drug-likeness (QED) is 0.946. The van der Waals surface area contributed by atoms with Crippen LogP contribution in [0.3, 0.4) is 0 Å². The summed E-state index contributed by atoms with van der Waals surface area (Å²) < 4.78 is 1.83. The smallest absolute Gasteiger partial charge is 0.257 e. The molecule has 0 aliphatic carbocycles. The Labute approximate surface area is 136 Å². The van der Waals surface area contributed by atoms with E-state index in [4.69, 9.17) is 0 Å². The molecule has 5 nitrogen and oxygen atoms in total. The molecule has 1 unspecified atom stereocenters. The second-order valence-electron chi connectivity index (χ2n) is 6.24. The topological polar surface area (TPSA) is 58.4 Å². The number of benzene rings is 1. The van der Waals surface area contributed by atoms with E-state index in [2.05, 4.69) is 5.10 Å². The average Bonchev–Trinajstić information content (AvgIpc) is 2.89. The number of likely N-dealkylation sites (tertiary alicyclic amines) is 1. The van der Waals surface area contributed by atoms with Crippen LogP contribution in [0.2, 0.25) is 0 Å². The molecule has 1 atom stereocenters. The number of amides is 1. The van der Waals surface area contributed by atoms with Crippen LogP contribution in [-0.2, 0) is 0 Å². The highest BCUT2D eigenvalue weighted by atomic mass is 16.3. The maximum atomic E-state index is 12.9. The van der Waals surface area contributed by atoms with E-state index in [1.54, 1.807) is 0 Å². The van der Waals surface area contributed by atoms with Crippen LogP contribution in [-0.4, -0.2) is 45.4 Å². The second-order valence-corrected chi connectivity index (χ2v) is 6.24. The van der Waals surface area contributed by atoms with Gasteiger partial charge in [-0.1, -0.05) is 18.2 Å². The van der Waals surface area contributed by atoms with Gasteiger partial charge in [0.05, 0.1) is 22.6 Å². The van der Waals surface area contributed by atoms with E-state index in [0.29, 0.717) is 12.1 Å². The number of hydrogen-bond donors (Lipinski definition) is 1. The van der Waals surface area contributed by atoms with Gasteiger partial charge < -0.3 is 10.0 Å². The van der Waals surface area contributed by atoms with Crippen molar-refractivity contribution in [1.82, 2.24) is 14.7 Å². The summed E-state index contributed by atoms with van der Waals surface area (Å²) in [6, 6.07) is 9.85. The third-order valence-electron chi connectivity index (χ3n) is 4.57. The Bertz CT molecular complexity index is 694. The van der Waals surface area contributed by atoms with Crippen molar-refractivity contribution in [3.8, 4) is 5.69 Å². The summed E-state index contributed by atoms with van der Waals surface area (Å²) in [5.74, 6) is 0.220. The Morgan fingerprint density at radius 3 is 2.74 bits per heavy atom. The predicted molar refractivity (Wildman–Crippen MR) is 88.8 cm³/mol. The standard InChI is InChI=1S/C18H23N3O2/c1-13-17(18(23)20-10-6-7-15(11-20)12-22)14(2)21(19-13)16-8-4-3-5-9-16/h3-5,8-9,15,22H,6-7,10-12H2,1-2H3. The van der Waals surface area contributed by atoms with Crippen LogP contribution in [0.15, 0.2) is 30.3 Å². The molecule has 0 radical (unpaired) electrons. The van der Waals surface area contributed by atoms with Crippen LogP contribution in [0.1, 0.15) is 34.6 Å². The molecule has 1 aliphatic rings. The first-order valence-corrected chi connectivity index (χ1v) is 8.13. The molecule has 1 aliphatic heterocycles. The molecule has 2 heterocycles. The van der Waals surface area contributed by atoms with Gasteiger partial charge in [-0.05, 0) is 44.7 Å². The third-order valence-corrected chi connectivity index (χ3v) is 4.57. The lowest BCUT2D eigenvalue weighted by Crippen LogP contribution is -2.41. The molecule has 5 heteroatoms. The maximum absolute atomic E-state index is 12.9. The van der Waals surface area contributed by atoms with Gasteiger partial charge in [-0.25, -0.2) is 4.68 Å². The zero-order valence-electron chi connectivity index (χ0n) is 13.7. The van der Waals surface area contributed by atoms with Crippen molar-refractivity contribution in [2.75, 3.05) is 19.7 Å². The predicted octanol–water partition coefficient (Wildman–Crippen LogP) is 2.33. The molecular weight excluding hydrogens is 290 g/mol. The van der Waals surface area contributed by atoms with Crippen molar-refractivity contribution in [2.45, 2.75) is 26.7 Å². The second kappa shape index (κ2) is 6.54. The van der Waals surface area contributed by atoms with Crippen molar-refractivity contribution < 1.29 is 9.90 Å². The number of piperidine rings is 1. The zero-order chi connectivity index (χ0) is 16.4. The van der Waals surface area contributed by atoms with Crippen LogP contribution in [0.5, 0.6) is 0 Å². The first-order chi connectivity index (χ1) is 11.1. The van der Waals surface area contributed by atoms with Crippen molar-refractivity contribution >= 4 is 5.91 Å². The summed E-state index contributed by atoms with van der Waals surface area (Å²) in [7, 11) is 0. The highest BCUT2D eigenvalue weighted by Gasteiger charge is 2.28. The van der Waals surface area contributed by atoms with Crippen molar-refractivity contribution in [2.24, 2.45) is 5.92 Å². The van der Waals surface area contributed by atoms with Gasteiger partial charge in [0, 0.05) is 19.7 Å². The lowest BCUT2D eigenvalue weighted by atomic mass is 9.98. The molecule has 1 saturated heterocycles. The number of carbonyl (C=O) groups is 1. The number of aromatic nitrogens is 2. The van der Waals surface area contributed by atoms with Gasteiger partial charge in [-0.3, -0.25) is 4.79 Å². The molecule has 1 fully saturated rings. The fraction of sp³-hybridized carbons (Fsp3) is 0.444. The van der Waals surface area contributed by atoms with Gasteiger partial charge in [-0.2, -0.15) is 5.10 Å². The molecule has 1 aromatic carbocycles. The molecule has 1 amide bonds. The molecule has 23 heavy (non-hydrogen) atoms. The number of aliphatic hydroxyl groups excluding tert-OH is 1. The number of nitrogens with zero attached hydrogens (tertiary/aromatic N) is 3. The Kier molecular flexibility index (Phi) is 4.48. The molecule has 2 aromatic rings.